The smallest absolute Gasteiger partial charge is 0.374 e. The summed E-state index contributed by atoms with van der Waals surface area (Å²) in [5.74, 6) is -0.750. The molecule has 0 unspecified atom stereocenters. The topological polar surface area (TPSA) is 72.6 Å². The number of hydrogen-bond donors (Lipinski definition) is 1. The standard InChI is InChI=1S/C13H12BrNO4/c1-6-4-8(12(18-3)11(14)7(6)2)9-5-10(13(16)17)19-15-9/h4-5H,1-3H3,(H,16,17). The minimum Gasteiger partial charge on any atom is -0.495 e. The van der Waals surface area contributed by atoms with Crippen LogP contribution < -0.4 is 4.74 Å². The second kappa shape index (κ2) is 5.05. The van der Waals surface area contributed by atoms with Gasteiger partial charge in [-0.05, 0) is 47.0 Å². The molecule has 1 heterocycles. The minimum absolute atomic E-state index is 0.202. The highest BCUT2D eigenvalue weighted by Crippen LogP contribution is 2.39. The van der Waals surface area contributed by atoms with Crippen molar-refractivity contribution in [1.82, 2.24) is 5.16 Å². The van der Waals surface area contributed by atoms with E-state index in [0.717, 1.165) is 15.6 Å². The van der Waals surface area contributed by atoms with Gasteiger partial charge in [0.25, 0.3) is 0 Å². The molecule has 0 spiro atoms. The van der Waals surface area contributed by atoms with Gasteiger partial charge in [0.1, 0.15) is 11.4 Å². The van der Waals surface area contributed by atoms with Crippen molar-refractivity contribution in [3.63, 3.8) is 0 Å². The Morgan fingerprint density at radius 3 is 2.63 bits per heavy atom. The van der Waals surface area contributed by atoms with E-state index in [1.165, 1.54) is 6.07 Å². The van der Waals surface area contributed by atoms with E-state index in [1.807, 2.05) is 19.9 Å². The number of carbonyl (C=O) groups is 1. The average molecular weight is 326 g/mol. The molecule has 0 saturated carbocycles. The fraction of sp³-hybridized carbons (Fsp3) is 0.231. The lowest BCUT2D eigenvalue weighted by atomic mass is 10.0. The predicted molar refractivity (Wildman–Crippen MR) is 72.6 cm³/mol. The van der Waals surface area contributed by atoms with E-state index in [2.05, 4.69) is 21.1 Å². The van der Waals surface area contributed by atoms with E-state index in [0.29, 0.717) is 17.0 Å². The molecule has 19 heavy (non-hydrogen) atoms. The van der Waals surface area contributed by atoms with Crippen molar-refractivity contribution in [2.45, 2.75) is 13.8 Å². The zero-order valence-electron chi connectivity index (χ0n) is 10.7. The molecule has 6 heteroatoms. The summed E-state index contributed by atoms with van der Waals surface area (Å²) < 4.78 is 11.0. The van der Waals surface area contributed by atoms with Gasteiger partial charge in [0.15, 0.2) is 0 Å². The minimum atomic E-state index is -1.15. The SMILES string of the molecule is COc1c(-c2cc(C(=O)O)on2)cc(C)c(C)c1Br. The Kier molecular flexibility index (Phi) is 3.61. The van der Waals surface area contributed by atoms with Gasteiger partial charge in [-0.15, -0.1) is 0 Å². The Morgan fingerprint density at radius 2 is 2.11 bits per heavy atom. The van der Waals surface area contributed by atoms with E-state index in [1.54, 1.807) is 7.11 Å². The Morgan fingerprint density at radius 1 is 1.42 bits per heavy atom. The Bertz CT molecular complexity index is 648. The molecule has 2 aromatic rings. The molecular weight excluding hydrogens is 314 g/mol. The van der Waals surface area contributed by atoms with E-state index >= 15 is 0 Å². The normalized spacial score (nSPS) is 10.5. The van der Waals surface area contributed by atoms with Crippen molar-refractivity contribution in [1.29, 1.82) is 0 Å². The van der Waals surface area contributed by atoms with Gasteiger partial charge in [0, 0.05) is 11.6 Å². The van der Waals surface area contributed by atoms with Crippen LogP contribution in [0.4, 0.5) is 0 Å². The molecule has 0 aliphatic heterocycles. The number of halogens is 1. The number of methoxy groups -OCH3 is 1. The number of carboxylic acid groups (broad SMARTS) is 1. The summed E-state index contributed by atoms with van der Waals surface area (Å²) >= 11 is 3.48. The maximum atomic E-state index is 10.8. The van der Waals surface area contributed by atoms with Gasteiger partial charge in [-0.1, -0.05) is 5.16 Å². The van der Waals surface area contributed by atoms with Crippen LogP contribution in [-0.4, -0.2) is 23.3 Å². The number of carboxylic acids is 1. The number of aromatic nitrogens is 1. The van der Waals surface area contributed by atoms with Crippen LogP contribution in [0.5, 0.6) is 5.75 Å². The van der Waals surface area contributed by atoms with Crippen LogP contribution in [0.25, 0.3) is 11.3 Å². The first-order valence-electron chi connectivity index (χ1n) is 5.49. The van der Waals surface area contributed by atoms with Gasteiger partial charge in [0.05, 0.1) is 11.6 Å². The monoisotopic (exact) mass is 325 g/mol. The second-order valence-electron chi connectivity index (χ2n) is 4.09. The van der Waals surface area contributed by atoms with Gasteiger partial charge >= 0.3 is 5.97 Å². The summed E-state index contributed by atoms with van der Waals surface area (Å²) in [6, 6.07) is 3.27. The summed E-state index contributed by atoms with van der Waals surface area (Å²) in [4.78, 5) is 10.8. The highest BCUT2D eigenvalue weighted by Gasteiger charge is 2.19. The predicted octanol–water partition coefficient (Wildman–Crippen LogP) is 3.43. The van der Waals surface area contributed by atoms with Crippen molar-refractivity contribution >= 4 is 21.9 Å². The third kappa shape index (κ3) is 2.35. The number of hydrogen-bond acceptors (Lipinski definition) is 4. The van der Waals surface area contributed by atoms with E-state index < -0.39 is 5.97 Å². The van der Waals surface area contributed by atoms with Crippen LogP contribution in [0.3, 0.4) is 0 Å². The summed E-state index contributed by atoms with van der Waals surface area (Å²) in [6.07, 6.45) is 0. The molecule has 100 valence electrons. The van der Waals surface area contributed by atoms with Crippen LogP contribution in [0.1, 0.15) is 21.7 Å². The molecular formula is C13H12BrNO4. The highest BCUT2D eigenvalue weighted by atomic mass is 79.9. The molecule has 0 radical (unpaired) electrons. The molecule has 0 fully saturated rings. The number of benzene rings is 1. The number of nitrogens with zero attached hydrogens (tertiary/aromatic N) is 1. The lowest BCUT2D eigenvalue weighted by molar-refractivity contribution is 0.0652. The molecule has 0 aliphatic carbocycles. The van der Waals surface area contributed by atoms with Gasteiger partial charge in [-0.3, -0.25) is 0 Å². The molecule has 1 aromatic heterocycles. The molecule has 0 bridgehead atoms. The lowest BCUT2D eigenvalue weighted by Crippen LogP contribution is -1.94. The van der Waals surface area contributed by atoms with Crippen LogP contribution >= 0.6 is 15.9 Å². The maximum absolute atomic E-state index is 10.8. The zero-order valence-corrected chi connectivity index (χ0v) is 12.2. The first-order chi connectivity index (χ1) is 8.95. The number of ether oxygens (including phenoxy) is 1. The van der Waals surface area contributed by atoms with E-state index in [-0.39, 0.29) is 5.76 Å². The number of rotatable bonds is 3. The number of aryl methyl sites for hydroxylation is 1. The van der Waals surface area contributed by atoms with Crippen LogP contribution in [-0.2, 0) is 0 Å². The maximum Gasteiger partial charge on any atom is 0.374 e. The van der Waals surface area contributed by atoms with Crippen molar-refractivity contribution in [2.75, 3.05) is 7.11 Å². The van der Waals surface area contributed by atoms with Crippen molar-refractivity contribution in [3.8, 4) is 17.0 Å². The quantitative estimate of drug-likeness (QED) is 0.935. The molecule has 0 aliphatic rings. The highest BCUT2D eigenvalue weighted by molar-refractivity contribution is 9.10. The van der Waals surface area contributed by atoms with E-state index in [9.17, 15) is 4.79 Å². The first kappa shape index (κ1) is 13.6. The van der Waals surface area contributed by atoms with Crippen LogP contribution in [0.2, 0.25) is 0 Å². The van der Waals surface area contributed by atoms with Gasteiger partial charge in [0.2, 0.25) is 5.76 Å². The summed E-state index contributed by atoms with van der Waals surface area (Å²) in [5, 5.41) is 12.6. The van der Waals surface area contributed by atoms with Gasteiger partial charge in [-0.2, -0.15) is 0 Å². The molecule has 0 amide bonds. The molecule has 0 saturated heterocycles. The Labute approximate surface area is 118 Å². The second-order valence-corrected chi connectivity index (χ2v) is 4.89. The van der Waals surface area contributed by atoms with Crippen molar-refractivity contribution in [2.24, 2.45) is 0 Å². The summed E-state index contributed by atoms with van der Waals surface area (Å²) in [7, 11) is 1.55. The lowest BCUT2D eigenvalue weighted by Gasteiger charge is -2.13. The largest absolute Gasteiger partial charge is 0.495 e. The van der Waals surface area contributed by atoms with Crippen molar-refractivity contribution < 1.29 is 19.2 Å². The number of aromatic carboxylic acids is 1. The summed E-state index contributed by atoms with van der Waals surface area (Å²) in [6.45, 7) is 3.93. The third-order valence-electron chi connectivity index (χ3n) is 2.93. The fourth-order valence-corrected chi connectivity index (χ4v) is 2.43. The van der Waals surface area contributed by atoms with Gasteiger partial charge < -0.3 is 14.4 Å². The zero-order chi connectivity index (χ0) is 14.2. The Balaban J connectivity index is 2.63. The fourth-order valence-electron chi connectivity index (χ4n) is 1.74. The molecule has 1 N–H and O–H groups in total. The molecule has 0 atom stereocenters. The first-order valence-corrected chi connectivity index (χ1v) is 6.29. The third-order valence-corrected chi connectivity index (χ3v) is 3.88. The van der Waals surface area contributed by atoms with Crippen LogP contribution in [0.15, 0.2) is 21.1 Å². The van der Waals surface area contributed by atoms with Crippen LogP contribution in [0, 0.1) is 13.8 Å². The van der Waals surface area contributed by atoms with Gasteiger partial charge in [-0.25, -0.2) is 4.79 Å². The summed E-state index contributed by atoms with van der Waals surface area (Å²) in [5.41, 5.74) is 3.22. The van der Waals surface area contributed by atoms with E-state index in [4.69, 9.17) is 14.4 Å². The Hall–Kier alpha value is -1.82. The average Bonchev–Trinajstić information content (AvgIpc) is 2.85. The molecule has 1 aromatic carbocycles. The van der Waals surface area contributed by atoms with Crippen molar-refractivity contribution in [3.05, 3.63) is 33.5 Å². The molecule has 5 nitrogen and oxygen atoms in total. The molecule has 2 rings (SSSR count).